The molecule has 6 heteroatoms. The average Bonchev–Trinajstić information content (AvgIpc) is 3.21. The van der Waals surface area contributed by atoms with Gasteiger partial charge in [-0.25, -0.2) is 4.39 Å². The fraction of sp³-hybridized carbons (Fsp3) is 0.273. The highest BCUT2D eigenvalue weighted by atomic mass is 19.1. The molecule has 0 radical (unpaired) electrons. The molecule has 0 saturated carbocycles. The summed E-state index contributed by atoms with van der Waals surface area (Å²) in [5.74, 6) is 1.87. The number of halogens is 1. The Balaban J connectivity index is 1.59. The van der Waals surface area contributed by atoms with Gasteiger partial charge in [0.15, 0.2) is 0 Å². The van der Waals surface area contributed by atoms with Gasteiger partial charge in [0, 0.05) is 18.7 Å². The molecule has 28 heavy (non-hydrogen) atoms. The summed E-state index contributed by atoms with van der Waals surface area (Å²) in [7, 11) is 1.60. The zero-order chi connectivity index (χ0) is 19.8. The standard InChI is InChI=1S/C22H24FNO4/c1-26-19-8-10-20(11-9-19)28-16-18(25)14-24(15-21-6-4-12-27-21)13-17-5-2-3-7-22(17)23/h2-12,18,25H,13-16H2,1H3/t18-/m1/s1. The van der Waals surface area contributed by atoms with E-state index >= 15 is 0 Å². The van der Waals surface area contributed by atoms with Gasteiger partial charge in [-0.3, -0.25) is 4.90 Å². The van der Waals surface area contributed by atoms with Crippen molar-refractivity contribution >= 4 is 0 Å². The van der Waals surface area contributed by atoms with Crippen LogP contribution in [0.3, 0.4) is 0 Å². The van der Waals surface area contributed by atoms with E-state index in [1.807, 2.05) is 11.0 Å². The molecule has 1 atom stereocenters. The first-order valence-corrected chi connectivity index (χ1v) is 9.07. The van der Waals surface area contributed by atoms with Crippen molar-refractivity contribution in [1.29, 1.82) is 0 Å². The number of hydrogen-bond acceptors (Lipinski definition) is 5. The Kier molecular flexibility index (Phi) is 7.06. The van der Waals surface area contributed by atoms with Crippen molar-refractivity contribution in [1.82, 2.24) is 4.90 Å². The topological polar surface area (TPSA) is 55.1 Å². The Bertz CT molecular complexity index is 836. The highest BCUT2D eigenvalue weighted by molar-refractivity contribution is 5.31. The van der Waals surface area contributed by atoms with Gasteiger partial charge >= 0.3 is 0 Å². The lowest BCUT2D eigenvalue weighted by atomic mass is 10.2. The van der Waals surface area contributed by atoms with Gasteiger partial charge in [0.05, 0.1) is 19.9 Å². The van der Waals surface area contributed by atoms with Crippen molar-refractivity contribution in [2.75, 3.05) is 20.3 Å². The molecule has 0 aliphatic rings. The number of nitrogens with zero attached hydrogens (tertiary/aromatic N) is 1. The first-order valence-electron chi connectivity index (χ1n) is 9.07. The first kappa shape index (κ1) is 19.9. The molecule has 2 aromatic carbocycles. The number of aliphatic hydroxyl groups excluding tert-OH is 1. The van der Waals surface area contributed by atoms with E-state index in [1.165, 1.54) is 6.07 Å². The second-order valence-electron chi connectivity index (χ2n) is 6.48. The number of benzene rings is 2. The lowest BCUT2D eigenvalue weighted by Crippen LogP contribution is -2.35. The van der Waals surface area contributed by atoms with Crippen LogP contribution in [0, 0.1) is 5.82 Å². The Morgan fingerprint density at radius 3 is 2.43 bits per heavy atom. The molecule has 0 bridgehead atoms. The fourth-order valence-corrected chi connectivity index (χ4v) is 2.89. The molecule has 0 amide bonds. The minimum atomic E-state index is -0.746. The van der Waals surface area contributed by atoms with Crippen LogP contribution in [0.15, 0.2) is 71.3 Å². The van der Waals surface area contributed by atoms with Crippen LogP contribution in [0.1, 0.15) is 11.3 Å². The van der Waals surface area contributed by atoms with E-state index in [0.717, 1.165) is 11.5 Å². The molecule has 1 heterocycles. The van der Waals surface area contributed by atoms with Gasteiger partial charge in [0.1, 0.15) is 35.8 Å². The molecule has 0 aliphatic heterocycles. The van der Waals surface area contributed by atoms with Gasteiger partial charge < -0.3 is 19.0 Å². The molecule has 3 aromatic rings. The van der Waals surface area contributed by atoms with Crippen LogP contribution in [0.4, 0.5) is 4.39 Å². The minimum Gasteiger partial charge on any atom is -0.497 e. The molecule has 148 valence electrons. The van der Waals surface area contributed by atoms with Crippen molar-refractivity contribution in [2.24, 2.45) is 0 Å². The highest BCUT2D eigenvalue weighted by Crippen LogP contribution is 2.18. The van der Waals surface area contributed by atoms with E-state index < -0.39 is 6.10 Å². The average molecular weight is 385 g/mol. The maximum atomic E-state index is 14.0. The van der Waals surface area contributed by atoms with E-state index in [1.54, 1.807) is 61.9 Å². The van der Waals surface area contributed by atoms with E-state index in [9.17, 15) is 9.50 Å². The molecule has 1 N–H and O–H groups in total. The van der Waals surface area contributed by atoms with Gasteiger partial charge in [-0.2, -0.15) is 0 Å². The van der Waals surface area contributed by atoms with Crippen LogP contribution < -0.4 is 9.47 Å². The second kappa shape index (κ2) is 9.92. The summed E-state index contributed by atoms with van der Waals surface area (Å²) >= 11 is 0. The molecule has 5 nitrogen and oxygen atoms in total. The third-order valence-electron chi connectivity index (χ3n) is 4.28. The Hall–Kier alpha value is -2.83. The molecule has 0 saturated heterocycles. The van der Waals surface area contributed by atoms with Crippen LogP contribution in [-0.4, -0.2) is 36.4 Å². The maximum absolute atomic E-state index is 14.0. The van der Waals surface area contributed by atoms with Gasteiger partial charge in [-0.15, -0.1) is 0 Å². The number of methoxy groups -OCH3 is 1. The third-order valence-corrected chi connectivity index (χ3v) is 4.28. The van der Waals surface area contributed by atoms with Crippen molar-refractivity contribution in [3.8, 4) is 11.5 Å². The van der Waals surface area contributed by atoms with Crippen molar-refractivity contribution in [3.63, 3.8) is 0 Å². The largest absolute Gasteiger partial charge is 0.497 e. The molecule has 0 fully saturated rings. The van der Waals surface area contributed by atoms with E-state index in [4.69, 9.17) is 13.9 Å². The number of furan rings is 1. The SMILES string of the molecule is COc1ccc(OC[C@H](O)CN(Cc2ccco2)Cc2ccccc2F)cc1. The summed E-state index contributed by atoms with van der Waals surface area (Å²) in [6.07, 6.45) is 0.851. The molecule has 1 aromatic heterocycles. The predicted molar refractivity (Wildman–Crippen MR) is 104 cm³/mol. The first-order chi connectivity index (χ1) is 13.6. The van der Waals surface area contributed by atoms with Gasteiger partial charge in [0.2, 0.25) is 0 Å². The third kappa shape index (κ3) is 5.84. The summed E-state index contributed by atoms with van der Waals surface area (Å²) in [6, 6.07) is 17.5. The van der Waals surface area contributed by atoms with Crippen molar-refractivity contribution in [2.45, 2.75) is 19.2 Å². The van der Waals surface area contributed by atoms with E-state index in [0.29, 0.717) is 30.9 Å². The predicted octanol–water partition coefficient (Wildman–Crippen LogP) is 3.87. The zero-order valence-corrected chi connectivity index (χ0v) is 15.8. The smallest absolute Gasteiger partial charge is 0.127 e. The second-order valence-corrected chi connectivity index (χ2v) is 6.48. The minimum absolute atomic E-state index is 0.123. The van der Waals surface area contributed by atoms with Crippen molar-refractivity contribution < 1.29 is 23.4 Å². The molecular formula is C22H24FNO4. The van der Waals surface area contributed by atoms with Crippen LogP contribution in [0.25, 0.3) is 0 Å². The lowest BCUT2D eigenvalue weighted by Gasteiger charge is -2.24. The molecule has 0 unspecified atom stereocenters. The monoisotopic (exact) mass is 385 g/mol. The van der Waals surface area contributed by atoms with E-state index in [-0.39, 0.29) is 12.4 Å². The van der Waals surface area contributed by atoms with Crippen LogP contribution >= 0.6 is 0 Å². The van der Waals surface area contributed by atoms with E-state index in [2.05, 4.69) is 0 Å². The summed E-state index contributed by atoms with van der Waals surface area (Å²) in [5, 5.41) is 10.4. The van der Waals surface area contributed by atoms with Gasteiger partial charge in [-0.1, -0.05) is 18.2 Å². The Morgan fingerprint density at radius 1 is 1.00 bits per heavy atom. The van der Waals surface area contributed by atoms with Crippen LogP contribution in [-0.2, 0) is 13.1 Å². The van der Waals surface area contributed by atoms with Crippen molar-refractivity contribution in [3.05, 3.63) is 84.1 Å². The van der Waals surface area contributed by atoms with Crippen LogP contribution in [0.5, 0.6) is 11.5 Å². The number of rotatable bonds is 10. The quantitative estimate of drug-likeness (QED) is 0.574. The van der Waals surface area contributed by atoms with Crippen LogP contribution in [0.2, 0.25) is 0 Å². The summed E-state index contributed by atoms with van der Waals surface area (Å²) in [5.41, 5.74) is 0.567. The maximum Gasteiger partial charge on any atom is 0.127 e. The summed E-state index contributed by atoms with van der Waals surface area (Å²) < 4.78 is 30.2. The lowest BCUT2D eigenvalue weighted by molar-refractivity contribution is 0.0600. The molecule has 3 rings (SSSR count). The zero-order valence-electron chi connectivity index (χ0n) is 15.8. The normalized spacial score (nSPS) is 12.1. The molecule has 0 spiro atoms. The number of hydrogen-bond donors (Lipinski definition) is 1. The summed E-state index contributed by atoms with van der Waals surface area (Å²) in [4.78, 5) is 1.93. The fourth-order valence-electron chi connectivity index (χ4n) is 2.89. The molecule has 0 aliphatic carbocycles. The Labute approximate surface area is 163 Å². The van der Waals surface area contributed by atoms with Gasteiger partial charge in [-0.05, 0) is 42.5 Å². The number of aliphatic hydroxyl groups is 1. The molecular weight excluding hydrogens is 361 g/mol. The highest BCUT2D eigenvalue weighted by Gasteiger charge is 2.16. The number of ether oxygens (including phenoxy) is 2. The van der Waals surface area contributed by atoms with Gasteiger partial charge in [0.25, 0.3) is 0 Å². The Morgan fingerprint density at radius 2 is 1.75 bits per heavy atom. The summed E-state index contributed by atoms with van der Waals surface area (Å²) in [6.45, 7) is 1.25.